The Kier molecular flexibility index (Phi) is 5.98. The maximum absolute atomic E-state index is 5.28. The molecule has 0 amide bonds. The minimum Gasteiger partial charge on any atom is -0.371 e. The monoisotopic (exact) mass is 478 g/mol. The van der Waals surface area contributed by atoms with Gasteiger partial charge in [-0.25, -0.2) is 4.99 Å². The summed E-state index contributed by atoms with van der Waals surface area (Å²) in [4.78, 5) is 11.6. The molecule has 0 bridgehead atoms. The van der Waals surface area contributed by atoms with Crippen LogP contribution in [0.4, 0.5) is 11.4 Å². The molecule has 4 aliphatic rings. The van der Waals surface area contributed by atoms with Gasteiger partial charge in [0, 0.05) is 55.8 Å². The van der Waals surface area contributed by atoms with Gasteiger partial charge in [-0.2, -0.15) is 0 Å². The van der Waals surface area contributed by atoms with Crippen LogP contribution in [0.25, 0.3) is 0 Å². The lowest BCUT2D eigenvalue weighted by Crippen LogP contribution is -2.26. The molecule has 3 atom stereocenters. The van der Waals surface area contributed by atoms with Gasteiger partial charge in [-0.3, -0.25) is 0 Å². The summed E-state index contributed by atoms with van der Waals surface area (Å²) in [6, 6.07) is 4.70. The van der Waals surface area contributed by atoms with Crippen LogP contribution in [0.5, 0.6) is 0 Å². The zero-order valence-corrected chi connectivity index (χ0v) is 23.3. The van der Waals surface area contributed by atoms with Gasteiger partial charge in [-0.1, -0.05) is 54.5 Å². The molecule has 0 spiro atoms. The Labute approximate surface area is 212 Å². The number of aryl methyl sites for hydroxylation is 1. The molecular weight excluding hydrogens is 434 g/mol. The number of benzene rings is 1. The number of rotatable bonds is 5. The van der Waals surface area contributed by atoms with Crippen molar-refractivity contribution in [2.45, 2.75) is 72.6 Å². The normalized spacial score (nSPS) is 30.5. The number of likely N-dealkylation sites (tertiary alicyclic amines) is 1. The van der Waals surface area contributed by atoms with Crippen LogP contribution in [0.3, 0.4) is 0 Å². The average molecular weight is 479 g/mol. The number of nitrogens with zero attached hydrogens (tertiary/aromatic N) is 3. The second kappa shape index (κ2) is 8.47. The molecule has 2 aliphatic carbocycles. The first kappa shape index (κ1) is 24.0. The number of fused-ring (bicyclic) bond motifs is 1. The molecule has 3 fully saturated rings. The third-order valence-electron chi connectivity index (χ3n) is 9.66. The number of hydrogen-bond donors (Lipinski definition) is 0. The highest BCUT2D eigenvalue weighted by Gasteiger charge is 2.62. The summed E-state index contributed by atoms with van der Waals surface area (Å²) < 4.78 is 0. The van der Waals surface area contributed by atoms with Gasteiger partial charge in [-0.15, -0.1) is 0 Å². The lowest BCUT2D eigenvalue weighted by atomic mass is 9.84. The summed E-state index contributed by atoms with van der Waals surface area (Å²) in [5.74, 6) is 2.44. The first-order valence-electron chi connectivity index (χ1n) is 13.4. The molecule has 0 N–H and O–H groups in total. The predicted octanol–water partition coefficient (Wildman–Crippen LogP) is 6.39. The van der Waals surface area contributed by atoms with E-state index in [0.717, 1.165) is 60.7 Å². The van der Waals surface area contributed by atoms with E-state index < -0.39 is 0 Å². The molecule has 0 radical (unpaired) electrons. The van der Waals surface area contributed by atoms with Crippen LogP contribution in [0, 0.1) is 28.6 Å². The fraction of sp³-hybridized carbons (Fsp3) is 0.633. The van der Waals surface area contributed by atoms with Gasteiger partial charge in [0.15, 0.2) is 4.90 Å². The van der Waals surface area contributed by atoms with E-state index in [9.17, 15) is 0 Å². The highest BCUT2D eigenvalue weighted by molar-refractivity contribution is 7.59. The number of hydrogen-bond acceptors (Lipinski definition) is 3. The van der Waals surface area contributed by atoms with Crippen LogP contribution >= 0.6 is 0 Å². The van der Waals surface area contributed by atoms with Crippen molar-refractivity contribution in [3.63, 3.8) is 0 Å². The second-order valence-corrected chi connectivity index (χ2v) is 13.0. The highest BCUT2D eigenvalue weighted by atomic mass is 32.1. The minimum absolute atomic E-state index is 0.378. The lowest BCUT2D eigenvalue weighted by molar-refractivity contribution is 0.300. The van der Waals surface area contributed by atoms with Crippen molar-refractivity contribution < 1.29 is 0 Å². The smallest absolute Gasteiger partial charge is 0.178 e. The van der Waals surface area contributed by atoms with Crippen LogP contribution < -0.4 is 4.90 Å². The Morgan fingerprint density at radius 3 is 2.29 bits per heavy atom. The van der Waals surface area contributed by atoms with Gasteiger partial charge in [0.25, 0.3) is 0 Å². The standard InChI is InChI=1S/C30H43N3S/c1-8-20-12-22(33-15-19(3)29(4,5)18-33)10-11-26(20)31-28-21(9-2)13-23(14-27(28)34)32-16-24-25(17-32)30(24,6)7/h10,12-14,19,24-25,34H,8-9,11,15-18H2,1-7H3/p+1. The quantitative estimate of drug-likeness (QED) is 0.457. The summed E-state index contributed by atoms with van der Waals surface area (Å²) in [7, 11) is 0. The maximum atomic E-state index is 5.28. The summed E-state index contributed by atoms with van der Waals surface area (Å²) >= 11 is 3.97. The molecule has 2 saturated heterocycles. The van der Waals surface area contributed by atoms with Crippen LogP contribution in [0.15, 0.2) is 45.4 Å². The van der Waals surface area contributed by atoms with Crippen molar-refractivity contribution in [3.8, 4) is 0 Å². The lowest BCUT2D eigenvalue weighted by Gasteiger charge is -2.26. The Morgan fingerprint density at radius 1 is 1.00 bits per heavy atom. The molecule has 4 heteroatoms. The molecule has 1 saturated carbocycles. The first-order chi connectivity index (χ1) is 16.0. The van der Waals surface area contributed by atoms with Crippen molar-refractivity contribution in [2.24, 2.45) is 33.6 Å². The third kappa shape index (κ3) is 4.04. The van der Waals surface area contributed by atoms with Gasteiger partial charge in [0.2, 0.25) is 0 Å². The Bertz CT molecular complexity index is 1060. The molecule has 34 heavy (non-hydrogen) atoms. The Morgan fingerprint density at radius 2 is 1.71 bits per heavy atom. The van der Waals surface area contributed by atoms with Crippen LogP contribution in [0.1, 0.15) is 66.9 Å². The van der Waals surface area contributed by atoms with E-state index in [-0.39, 0.29) is 0 Å². The largest absolute Gasteiger partial charge is 0.371 e. The van der Waals surface area contributed by atoms with Crippen molar-refractivity contribution in [1.82, 2.24) is 4.90 Å². The molecular formula is C30H44N3S+. The van der Waals surface area contributed by atoms with Crippen molar-refractivity contribution in [3.05, 3.63) is 41.1 Å². The molecule has 2 aliphatic heterocycles. The van der Waals surface area contributed by atoms with Crippen molar-refractivity contribution >= 4 is 29.7 Å². The molecule has 184 valence electrons. The summed E-state index contributed by atoms with van der Waals surface area (Å²) in [6.07, 6.45) is 7.74. The van der Waals surface area contributed by atoms with Crippen LogP contribution in [-0.2, 0) is 19.0 Å². The molecule has 3 unspecified atom stereocenters. The Balaban J connectivity index is 1.38. The van der Waals surface area contributed by atoms with E-state index >= 15 is 0 Å². The molecule has 5 rings (SSSR count). The maximum Gasteiger partial charge on any atom is 0.178 e. The summed E-state index contributed by atoms with van der Waals surface area (Å²) in [5.41, 5.74) is 8.75. The van der Waals surface area contributed by atoms with E-state index in [4.69, 9.17) is 4.99 Å². The van der Waals surface area contributed by atoms with E-state index in [1.165, 1.54) is 41.3 Å². The third-order valence-corrected chi connectivity index (χ3v) is 10.0. The van der Waals surface area contributed by atoms with Gasteiger partial charge in [0.1, 0.15) is 5.69 Å². The molecule has 0 aromatic heterocycles. The molecule has 2 heterocycles. The summed E-state index contributed by atoms with van der Waals surface area (Å²) in [5, 5.41) is 0. The highest BCUT2D eigenvalue weighted by Crippen LogP contribution is 2.62. The van der Waals surface area contributed by atoms with E-state index in [1.807, 2.05) is 0 Å². The number of piperidine rings is 1. The fourth-order valence-electron chi connectivity index (χ4n) is 6.52. The molecule has 3 nitrogen and oxygen atoms in total. The van der Waals surface area contributed by atoms with Gasteiger partial charge >= 0.3 is 0 Å². The molecule has 1 aromatic carbocycles. The van der Waals surface area contributed by atoms with Gasteiger partial charge in [0.05, 0.1) is 0 Å². The van der Waals surface area contributed by atoms with Gasteiger partial charge in [-0.05, 0) is 77.3 Å². The van der Waals surface area contributed by atoms with E-state index in [2.05, 4.69) is 95.2 Å². The van der Waals surface area contributed by atoms with Crippen molar-refractivity contribution in [2.75, 3.05) is 31.1 Å². The number of aliphatic imine (C=N–C) groups is 1. The summed E-state index contributed by atoms with van der Waals surface area (Å²) in [6.45, 7) is 21.3. The minimum atomic E-state index is 0.378. The first-order valence-corrected chi connectivity index (χ1v) is 13.9. The van der Waals surface area contributed by atoms with Crippen LogP contribution in [0.2, 0.25) is 0 Å². The zero-order valence-electron chi connectivity index (χ0n) is 22.3. The molecule has 1 aromatic rings. The number of allylic oxidation sites excluding steroid dienone is 3. The zero-order chi connectivity index (χ0) is 24.4. The predicted molar refractivity (Wildman–Crippen MR) is 150 cm³/mol. The SMILES string of the molecule is CCC1=CC(N2CC(C)C(C)(C)C2)=CCC1=Nc1c([SH2+])cc(N2CC3C(C2)C3(C)C)cc1CC. The van der Waals surface area contributed by atoms with Crippen LogP contribution in [-0.4, -0.2) is 36.8 Å². The topological polar surface area (TPSA) is 18.8 Å². The second-order valence-electron chi connectivity index (χ2n) is 12.5. The fourth-order valence-corrected chi connectivity index (χ4v) is 6.89. The Hall–Kier alpha value is -1.68. The average Bonchev–Trinajstić information content (AvgIpc) is 3.13. The van der Waals surface area contributed by atoms with Gasteiger partial charge < -0.3 is 9.80 Å². The van der Waals surface area contributed by atoms with Crippen molar-refractivity contribution in [1.29, 1.82) is 0 Å². The van der Waals surface area contributed by atoms with E-state index in [0.29, 0.717) is 10.8 Å². The number of anilines is 1. The van der Waals surface area contributed by atoms with E-state index in [1.54, 1.807) is 0 Å².